The molecular formula is C17H25N2OS3+. The van der Waals surface area contributed by atoms with Crippen molar-refractivity contribution in [2.75, 3.05) is 12.8 Å². The monoisotopic (exact) mass is 369 g/mol. The number of rotatable bonds is 6. The van der Waals surface area contributed by atoms with Crippen molar-refractivity contribution in [3.63, 3.8) is 0 Å². The second-order valence-corrected chi connectivity index (χ2v) is 9.34. The molecule has 1 atom stereocenters. The minimum Gasteiger partial charge on any atom is -0.295 e. The minimum atomic E-state index is -0.157. The van der Waals surface area contributed by atoms with E-state index in [1.165, 1.54) is 9.63 Å². The molecule has 0 amide bonds. The van der Waals surface area contributed by atoms with E-state index in [0.29, 0.717) is 0 Å². The van der Waals surface area contributed by atoms with Crippen molar-refractivity contribution < 1.29 is 9.95 Å². The third kappa shape index (κ3) is 4.43. The number of benzene rings is 1. The number of thiocarbonyl (C=S) groups is 1. The standard InChI is InChI=1S/C17H25N2OS3/c1-5-6-11-18-15(17(2,3)23-16(18)21)19(20)12-13-7-9-14(22-4)10-8-13/h7-10,12,15,20H,5-6,11H2,1-4H3/q+1. The second kappa shape index (κ2) is 7.90. The van der Waals surface area contributed by atoms with Crippen molar-refractivity contribution in [2.24, 2.45) is 0 Å². The van der Waals surface area contributed by atoms with Gasteiger partial charge in [-0.1, -0.05) is 37.3 Å². The number of nitrogens with zero attached hydrogens (tertiary/aromatic N) is 2. The maximum Gasteiger partial charge on any atom is 0.292 e. The largest absolute Gasteiger partial charge is 0.295 e. The Balaban J connectivity index is 2.26. The zero-order valence-electron chi connectivity index (χ0n) is 14.2. The fourth-order valence-electron chi connectivity index (χ4n) is 2.73. The Kier molecular flexibility index (Phi) is 6.40. The molecule has 3 nitrogen and oxygen atoms in total. The number of hydrogen-bond acceptors (Lipinski definition) is 4. The number of hydroxylamine groups is 1. The van der Waals surface area contributed by atoms with Crippen LogP contribution in [0.25, 0.3) is 0 Å². The van der Waals surface area contributed by atoms with Gasteiger partial charge < -0.3 is 0 Å². The quantitative estimate of drug-likeness (QED) is 0.199. The van der Waals surface area contributed by atoms with Gasteiger partial charge in [-0.15, -0.1) is 11.8 Å². The van der Waals surface area contributed by atoms with Crippen molar-refractivity contribution >= 4 is 46.3 Å². The van der Waals surface area contributed by atoms with Gasteiger partial charge in [-0.3, -0.25) is 10.1 Å². The molecule has 2 rings (SSSR count). The Morgan fingerprint density at radius 3 is 2.61 bits per heavy atom. The van der Waals surface area contributed by atoms with Gasteiger partial charge in [0.2, 0.25) is 6.21 Å². The molecule has 1 aliphatic rings. The lowest BCUT2D eigenvalue weighted by molar-refractivity contribution is -0.808. The summed E-state index contributed by atoms with van der Waals surface area (Å²) in [6.07, 6.45) is 5.89. The average Bonchev–Trinajstić information content (AvgIpc) is 2.74. The van der Waals surface area contributed by atoms with E-state index in [1.807, 2.05) is 12.1 Å². The Morgan fingerprint density at radius 2 is 2.04 bits per heavy atom. The highest BCUT2D eigenvalue weighted by atomic mass is 32.2. The summed E-state index contributed by atoms with van der Waals surface area (Å²) in [5, 5.41) is 10.7. The van der Waals surface area contributed by atoms with Crippen molar-refractivity contribution in [2.45, 2.75) is 49.4 Å². The lowest BCUT2D eigenvalue weighted by Gasteiger charge is -2.25. The topological polar surface area (TPSA) is 26.5 Å². The molecule has 0 aromatic heterocycles. The summed E-state index contributed by atoms with van der Waals surface area (Å²) in [6, 6.07) is 8.19. The summed E-state index contributed by atoms with van der Waals surface area (Å²) in [5.41, 5.74) is 0.986. The summed E-state index contributed by atoms with van der Waals surface area (Å²) in [7, 11) is 0. The van der Waals surface area contributed by atoms with Gasteiger partial charge in [-0.05, 0) is 55.5 Å². The zero-order valence-corrected chi connectivity index (χ0v) is 16.6. The van der Waals surface area contributed by atoms with E-state index in [9.17, 15) is 5.21 Å². The Bertz CT molecular complexity index is 584. The van der Waals surface area contributed by atoms with Gasteiger partial charge in [0.25, 0.3) is 6.17 Å². The SMILES string of the molecule is CCCCN1C(=S)SC(C)(C)C1[N+](O)=Cc1ccc(SC)cc1. The van der Waals surface area contributed by atoms with Crippen LogP contribution in [-0.2, 0) is 0 Å². The Labute approximate surface area is 153 Å². The van der Waals surface area contributed by atoms with E-state index in [1.54, 1.807) is 29.7 Å². The van der Waals surface area contributed by atoms with Crippen LogP contribution in [0.15, 0.2) is 29.2 Å². The van der Waals surface area contributed by atoms with Crippen molar-refractivity contribution in [1.29, 1.82) is 0 Å². The summed E-state index contributed by atoms with van der Waals surface area (Å²) in [6.45, 7) is 7.32. The molecule has 1 heterocycles. The lowest BCUT2D eigenvalue weighted by atomic mass is 10.1. The molecular weight excluding hydrogens is 344 g/mol. The van der Waals surface area contributed by atoms with Gasteiger partial charge in [0, 0.05) is 17.0 Å². The Morgan fingerprint density at radius 1 is 1.39 bits per heavy atom. The molecule has 0 aliphatic carbocycles. The van der Waals surface area contributed by atoms with Crippen LogP contribution in [0, 0.1) is 0 Å². The first kappa shape index (κ1) is 18.6. The zero-order chi connectivity index (χ0) is 17.0. The van der Waals surface area contributed by atoms with E-state index in [0.717, 1.165) is 29.3 Å². The maximum absolute atomic E-state index is 10.7. The fourth-order valence-corrected chi connectivity index (χ4v) is 5.07. The molecule has 23 heavy (non-hydrogen) atoms. The van der Waals surface area contributed by atoms with Crippen LogP contribution < -0.4 is 0 Å². The molecule has 1 fully saturated rings. The van der Waals surface area contributed by atoms with E-state index in [4.69, 9.17) is 12.2 Å². The second-order valence-electron chi connectivity index (χ2n) is 6.17. The maximum atomic E-state index is 10.7. The van der Waals surface area contributed by atoms with Gasteiger partial charge in [0.15, 0.2) is 0 Å². The molecule has 1 aromatic carbocycles. The molecule has 0 bridgehead atoms. The number of thioether (sulfide) groups is 2. The highest BCUT2D eigenvalue weighted by molar-refractivity contribution is 8.24. The molecule has 0 saturated carbocycles. The van der Waals surface area contributed by atoms with E-state index >= 15 is 0 Å². The molecule has 6 heteroatoms. The molecule has 126 valence electrons. The first-order chi connectivity index (χ1) is 10.9. The third-order valence-corrected chi connectivity index (χ3v) is 6.28. The molecule has 1 unspecified atom stereocenters. The first-order valence-electron chi connectivity index (χ1n) is 7.85. The van der Waals surface area contributed by atoms with Crippen molar-refractivity contribution in [3.05, 3.63) is 29.8 Å². The smallest absolute Gasteiger partial charge is 0.292 e. The third-order valence-electron chi connectivity index (χ3n) is 3.90. The molecule has 1 saturated heterocycles. The molecule has 0 radical (unpaired) electrons. The van der Waals surface area contributed by atoms with E-state index in [2.05, 4.69) is 44.1 Å². The van der Waals surface area contributed by atoms with Crippen molar-refractivity contribution in [1.82, 2.24) is 4.90 Å². The molecule has 1 N–H and O–H groups in total. The minimum absolute atomic E-state index is 0.147. The van der Waals surface area contributed by atoms with Crippen LogP contribution in [0.3, 0.4) is 0 Å². The summed E-state index contributed by atoms with van der Waals surface area (Å²) in [4.78, 5) is 3.37. The van der Waals surface area contributed by atoms with Crippen LogP contribution in [0.1, 0.15) is 39.2 Å². The normalized spacial score (nSPS) is 21.0. The lowest BCUT2D eigenvalue weighted by Crippen LogP contribution is -2.49. The van der Waals surface area contributed by atoms with Gasteiger partial charge in [-0.25, -0.2) is 0 Å². The predicted molar refractivity (Wildman–Crippen MR) is 105 cm³/mol. The van der Waals surface area contributed by atoms with Gasteiger partial charge >= 0.3 is 0 Å². The van der Waals surface area contributed by atoms with Gasteiger partial charge in [-0.2, -0.15) is 0 Å². The Hall–Kier alpha value is -0.720. The predicted octanol–water partition coefficient (Wildman–Crippen LogP) is 4.47. The van der Waals surface area contributed by atoms with E-state index in [-0.39, 0.29) is 10.9 Å². The molecule has 0 spiro atoms. The van der Waals surface area contributed by atoms with Crippen LogP contribution in [0.2, 0.25) is 0 Å². The van der Waals surface area contributed by atoms with E-state index < -0.39 is 0 Å². The molecule has 1 aliphatic heterocycles. The highest BCUT2D eigenvalue weighted by Crippen LogP contribution is 2.41. The summed E-state index contributed by atoms with van der Waals surface area (Å²) >= 11 is 8.91. The first-order valence-corrected chi connectivity index (χ1v) is 10.3. The highest BCUT2D eigenvalue weighted by Gasteiger charge is 2.52. The van der Waals surface area contributed by atoms with Crippen LogP contribution in [0.5, 0.6) is 0 Å². The average molecular weight is 370 g/mol. The summed E-state index contributed by atoms with van der Waals surface area (Å²) in [5.74, 6) is 0. The van der Waals surface area contributed by atoms with Crippen LogP contribution >= 0.6 is 35.7 Å². The number of hydrogen-bond donors (Lipinski definition) is 1. The van der Waals surface area contributed by atoms with Crippen LogP contribution in [0.4, 0.5) is 0 Å². The van der Waals surface area contributed by atoms with Crippen molar-refractivity contribution in [3.8, 4) is 0 Å². The van der Waals surface area contributed by atoms with Gasteiger partial charge in [0.05, 0.1) is 0 Å². The summed E-state index contributed by atoms with van der Waals surface area (Å²) < 4.78 is 2.05. The van der Waals surface area contributed by atoms with Gasteiger partial charge in [0.1, 0.15) is 9.07 Å². The van der Waals surface area contributed by atoms with Crippen LogP contribution in [-0.4, -0.2) is 49.1 Å². The number of unbranched alkanes of at least 4 members (excludes halogenated alkanes) is 1. The fraction of sp³-hybridized carbons (Fsp3) is 0.529. The molecule has 1 aromatic rings.